The van der Waals surface area contributed by atoms with Crippen LogP contribution in [0.3, 0.4) is 0 Å². The third kappa shape index (κ3) is 6.74. The molecule has 2 rings (SSSR count). The van der Waals surface area contributed by atoms with Gasteiger partial charge in [-0.3, -0.25) is 9.53 Å². The fourth-order valence-electron chi connectivity index (χ4n) is 3.83. The van der Waals surface area contributed by atoms with Crippen molar-refractivity contribution in [2.24, 2.45) is 0 Å². The highest BCUT2D eigenvalue weighted by Gasteiger charge is 2.79. The van der Waals surface area contributed by atoms with E-state index in [1.807, 2.05) is 0 Å². The summed E-state index contributed by atoms with van der Waals surface area (Å²) in [5.74, 6) is -17.4. The Labute approximate surface area is 225 Å². The van der Waals surface area contributed by atoms with E-state index in [1.54, 1.807) is 0 Å². The van der Waals surface area contributed by atoms with Crippen molar-refractivity contribution >= 4 is 5.78 Å². The molecule has 0 spiro atoms. The van der Waals surface area contributed by atoms with Gasteiger partial charge in [-0.2, -0.15) is 48.3 Å². The lowest BCUT2D eigenvalue weighted by Gasteiger charge is -2.46. The molecular weight excluding hydrogens is 629 g/mol. The zero-order valence-corrected chi connectivity index (χ0v) is 20.2. The molecule has 1 unspecified atom stereocenters. The SMILES string of the molecule is O=C(C[C@H]1O[C@H](CO)[C@@H](O[C@@H]2O[C@H](CO)[C@@H](O)[C@H](O)[C@H]2O)[C@H](O)[C@H]1O)C(F)(OC(F)(F)C(F)(F)C(F)(F)F)C(F)(F)F. The Bertz CT molecular complexity index is 933. The molecule has 42 heavy (non-hydrogen) atoms. The standard InChI is InChI=1S/C19H23F11O12/c20-15(17(23,24)25,42-19(29,30)16(21,22)18(26,27)28)7(33)1-4-8(34)11(37)13(6(3-32)39-4)41-14-12(38)10(36)9(35)5(2-31)40-14/h4-6,8-14,31-32,34-38H,1-3H2/t4-,5-,6-,8+,9-,10+,11-,12-,13-,14+,15?/m1/s1. The van der Waals surface area contributed by atoms with Gasteiger partial charge in [0, 0.05) is 6.42 Å². The maximum atomic E-state index is 14.6. The van der Waals surface area contributed by atoms with Crippen molar-refractivity contribution in [3.05, 3.63) is 0 Å². The number of rotatable bonds is 10. The van der Waals surface area contributed by atoms with Crippen molar-refractivity contribution in [3.8, 4) is 0 Å². The van der Waals surface area contributed by atoms with Gasteiger partial charge in [0.15, 0.2) is 6.29 Å². The Balaban J connectivity index is 2.29. The summed E-state index contributed by atoms with van der Waals surface area (Å²) in [6.07, 6.45) is -45.8. The Kier molecular flexibility index (Phi) is 10.9. The lowest BCUT2D eigenvalue weighted by molar-refractivity contribution is -0.472. The van der Waals surface area contributed by atoms with Gasteiger partial charge >= 0.3 is 30.2 Å². The van der Waals surface area contributed by atoms with Gasteiger partial charge in [0.25, 0.3) is 0 Å². The van der Waals surface area contributed by atoms with E-state index < -0.39 is 117 Å². The summed E-state index contributed by atoms with van der Waals surface area (Å²) in [7, 11) is 0. The van der Waals surface area contributed by atoms with Crippen molar-refractivity contribution in [2.45, 2.75) is 97.9 Å². The van der Waals surface area contributed by atoms with Gasteiger partial charge in [0.1, 0.15) is 48.8 Å². The molecule has 12 nitrogen and oxygen atoms in total. The van der Waals surface area contributed by atoms with E-state index in [1.165, 1.54) is 0 Å². The first-order valence-corrected chi connectivity index (χ1v) is 11.3. The maximum Gasteiger partial charge on any atom is 0.462 e. The number of aliphatic hydroxyl groups excluding tert-OH is 7. The number of halogens is 11. The predicted octanol–water partition coefficient (Wildman–Crippen LogP) is -1.35. The van der Waals surface area contributed by atoms with E-state index >= 15 is 0 Å². The van der Waals surface area contributed by atoms with Crippen LogP contribution in [0.5, 0.6) is 0 Å². The van der Waals surface area contributed by atoms with Crippen LogP contribution in [0.25, 0.3) is 0 Å². The molecule has 0 radical (unpaired) electrons. The van der Waals surface area contributed by atoms with E-state index in [0.29, 0.717) is 0 Å². The summed E-state index contributed by atoms with van der Waals surface area (Å²) in [6.45, 7) is -2.33. The van der Waals surface area contributed by atoms with Gasteiger partial charge in [-0.15, -0.1) is 0 Å². The second-order valence-electron chi connectivity index (χ2n) is 9.09. The second kappa shape index (κ2) is 12.5. The molecule has 23 heteroatoms. The highest BCUT2D eigenvalue weighted by molar-refractivity contribution is 5.87. The summed E-state index contributed by atoms with van der Waals surface area (Å²) in [5, 5.41) is 68.9. The Hall–Kier alpha value is -1.54. The van der Waals surface area contributed by atoms with Gasteiger partial charge in [0.05, 0.1) is 19.3 Å². The highest BCUT2D eigenvalue weighted by atomic mass is 19.4. The zero-order chi connectivity index (χ0) is 32.8. The minimum absolute atomic E-state index is 0.981. The van der Waals surface area contributed by atoms with Crippen LogP contribution in [0.4, 0.5) is 48.3 Å². The molecule has 2 aliphatic heterocycles. The lowest BCUT2D eigenvalue weighted by Crippen LogP contribution is -2.65. The van der Waals surface area contributed by atoms with Gasteiger partial charge in [-0.05, 0) is 0 Å². The predicted molar refractivity (Wildman–Crippen MR) is 103 cm³/mol. The fraction of sp³-hybridized carbons (Fsp3) is 0.947. The zero-order valence-electron chi connectivity index (χ0n) is 20.2. The molecule has 2 heterocycles. The molecule has 0 aromatic rings. The van der Waals surface area contributed by atoms with Crippen molar-refractivity contribution in [3.63, 3.8) is 0 Å². The largest absolute Gasteiger partial charge is 0.462 e. The first kappa shape index (κ1) is 36.7. The molecule has 0 aliphatic carbocycles. The average Bonchev–Trinajstić information content (AvgIpc) is 2.86. The van der Waals surface area contributed by atoms with Crippen LogP contribution in [-0.4, -0.2) is 146 Å². The fourth-order valence-corrected chi connectivity index (χ4v) is 3.83. The van der Waals surface area contributed by atoms with E-state index in [9.17, 15) is 88.8 Å². The molecule has 0 aromatic heterocycles. The summed E-state index contributed by atoms with van der Waals surface area (Å²) < 4.78 is 161. The third-order valence-corrected chi connectivity index (χ3v) is 6.20. The van der Waals surface area contributed by atoms with Crippen LogP contribution in [0.2, 0.25) is 0 Å². The number of alkyl halides is 11. The number of Topliss-reactive ketones (excluding diaryl/α,β-unsaturated/α-hetero) is 1. The third-order valence-electron chi connectivity index (χ3n) is 6.20. The van der Waals surface area contributed by atoms with Crippen LogP contribution in [0, 0.1) is 0 Å². The molecule has 11 atom stereocenters. The van der Waals surface area contributed by atoms with Crippen LogP contribution >= 0.6 is 0 Å². The molecule has 7 N–H and O–H groups in total. The monoisotopic (exact) mass is 652 g/mol. The molecule has 2 saturated heterocycles. The Morgan fingerprint density at radius 2 is 1.14 bits per heavy atom. The molecule has 0 amide bonds. The first-order chi connectivity index (χ1) is 18.9. The smallest absolute Gasteiger partial charge is 0.394 e. The highest BCUT2D eigenvalue weighted by Crippen LogP contribution is 2.51. The Morgan fingerprint density at radius 3 is 1.60 bits per heavy atom. The first-order valence-electron chi connectivity index (χ1n) is 11.3. The van der Waals surface area contributed by atoms with Crippen LogP contribution in [0.1, 0.15) is 6.42 Å². The number of carbonyl (C=O) groups is 1. The van der Waals surface area contributed by atoms with Crippen LogP contribution in [-0.2, 0) is 23.7 Å². The molecule has 248 valence electrons. The van der Waals surface area contributed by atoms with Gasteiger partial charge in [-0.1, -0.05) is 0 Å². The van der Waals surface area contributed by atoms with Crippen LogP contribution < -0.4 is 0 Å². The minimum Gasteiger partial charge on any atom is -0.394 e. The van der Waals surface area contributed by atoms with Crippen LogP contribution in [0.15, 0.2) is 0 Å². The van der Waals surface area contributed by atoms with Crippen molar-refractivity contribution in [2.75, 3.05) is 13.2 Å². The molecule has 0 saturated carbocycles. The molecule has 2 aliphatic rings. The van der Waals surface area contributed by atoms with Gasteiger partial charge < -0.3 is 50.0 Å². The number of hydrogen-bond acceptors (Lipinski definition) is 12. The molecule has 0 bridgehead atoms. The van der Waals surface area contributed by atoms with Crippen molar-refractivity contribution in [1.82, 2.24) is 0 Å². The molecule has 2 fully saturated rings. The van der Waals surface area contributed by atoms with Crippen molar-refractivity contribution < 1.29 is 108 Å². The second-order valence-corrected chi connectivity index (χ2v) is 9.09. The topological polar surface area (TPSA) is 196 Å². The van der Waals surface area contributed by atoms with Gasteiger partial charge in [-0.25, -0.2) is 0 Å². The van der Waals surface area contributed by atoms with Gasteiger partial charge in [0.2, 0.25) is 5.78 Å². The Morgan fingerprint density at radius 1 is 0.643 bits per heavy atom. The molecule has 0 aromatic carbocycles. The number of ether oxygens (including phenoxy) is 4. The number of carbonyl (C=O) groups excluding carboxylic acids is 1. The van der Waals surface area contributed by atoms with E-state index in [-0.39, 0.29) is 0 Å². The number of hydrogen-bond donors (Lipinski definition) is 7. The summed E-state index contributed by atoms with van der Waals surface area (Å²) in [6, 6.07) is 0. The average molecular weight is 652 g/mol. The maximum absolute atomic E-state index is 14.6. The van der Waals surface area contributed by atoms with E-state index in [2.05, 4.69) is 4.74 Å². The molecular formula is C19H23F11O12. The van der Waals surface area contributed by atoms with E-state index in [4.69, 9.17) is 14.2 Å². The summed E-state index contributed by atoms with van der Waals surface area (Å²) in [5.41, 5.74) is 0. The summed E-state index contributed by atoms with van der Waals surface area (Å²) >= 11 is 0. The van der Waals surface area contributed by atoms with Crippen molar-refractivity contribution in [1.29, 1.82) is 0 Å². The normalized spacial score (nSPS) is 36.9. The number of ketones is 1. The lowest BCUT2D eigenvalue weighted by atomic mass is 9.90. The van der Waals surface area contributed by atoms with E-state index in [0.717, 1.165) is 0 Å². The summed E-state index contributed by atoms with van der Waals surface area (Å²) in [4.78, 5) is 12.1. The minimum atomic E-state index is -7.45. The quantitative estimate of drug-likeness (QED) is 0.137. The number of aliphatic hydroxyl groups is 7.